The fourth-order valence-electron chi connectivity index (χ4n) is 12.6. The molecule has 0 amide bonds. The van der Waals surface area contributed by atoms with E-state index in [1.54, 1.807) is 41.5 Å². The van der Waals surface area contributed by atoms with Crippen LogP contribution in [-0.2, 0) is 37.9 Å². The number of methoxy groups -OCH3 is 2. The monoisotopic (exact) mass is 1080 g/mol. The van der Waals surface area contributed by atoms with Crippen molar-refractivity contribution in [2.24, 2.45) is 16.2 Å². The Morgan fingerprint density at radius 2 is 0.500 bits per heavy atom. The van der Waals surface area contributed by atoms with Crippen LogP contribution in [0.5, 0.6) is 0 Å². The first-order chi connectivity index (χ1) is 32.6. The Hall–Kier alpha value is -0.880. The summed E-state index contributed by atoms with van der Waals surface area (Å²) in [7, 11) is 2.92. The first kappa shape index (κ1) is 67.4. The Morgan fingerprint density at radius 3 is 0.811 bits per heavy atom. The fourth-order valence-corrected chi connectivity index (χ4v) is 12.6. The third-order valence-corrected chi connectivity index (χ3v) is 21.9. The van der Waals surface area contributed by atoms with E-state index in [1.165, 1.54) is 111 Å². The molecule has 0 radical (unpaired) electrons. The molecule has 20 unspecified atom stereocenters. The molecule has 20 atom stereocenters. The molecule has 22 nitrogen and oxygen atoms in total. The summed E-state index contributed by atoms with van der Waals surface area (Å²) >= 11 is 0. The summed E-state index contributed by atoms with van der Waals surface area (Å²) in [6.45, 7) is 25.4. The van der Waals surface area contributed by atoms with Crippen LogP contribution in [0, 0.1) is 16.2 Å². The highest BCUT2D eigenvalue weighted by Crippen LogP contribution is 2.62. The number of hydrogen-bond donors (Lipinski definition) is 14. The predicted octanol–water partition coefficient (Wildman–Crippen LogP) is -0.814. The molecule has 4 aliphatic rings. The normalized spacial score (nSPS) is 56.9. The van der Waals surface area contributed by atoms with Gasteiger partial charge in [-0.15, -0.1) is 0 Å². The van der Waals surface area contributed by atoms with Crippen molar-refractivity contribution in [3.63, 3.8) is 0 Å². The highest BCUT2D eigenvalue weighted by atomic mass is 16.7. The molecule has 4 heterocycles. The second-order valence-electron chi connectivity index (χ2n) is 26.1. The van der Waals surface area contributed by atoms with Crippen LogP contribution in [-0.4, -0.2) is 247 Å². The number of rotatable bonds is 16. The van der Waals surface area contributed by atoms with Crippen LogP contribution in [0.15, 0.2) is 0 Å². The first-order valence-electron chi connectivity index (χ1n) is 25.2. The molecular weight excluding hydrogens is 977 g/mol. The lowest BCUT2D eigenvalue weighted by molar-refractivity contribution is -0.446. The Bertz CT molecular complexity index is 1990. The van der Waals surface area contributed by atoms with Gasteiger partial charge in [-0.2, -0.15) is 0 Å². The maximum atomic E-state index is 11.9. The molecule has 0 bridgehead atoms. The van der Waals surface area contributed by atoms with E-state index in [0.717, 1.165) is 0 Å². The van der Waals surface area contributed by atoms with Gasteiger partial charge in [-0.05, 0) is 118 Å². The summed E-state index contributed by atoms with van der Waals surface area (Å²) in [5.41, 5.74) is -32.8. The average Bonchev–Trinajstić information content (AvgIpc) is 3.26. The van der Waals surface area contributed by atoms with Crippen molar-refractivity contribution in [3.8, 4) is 0 Å². The van der Waals surface area contributed by atoms with Gasteiger partial charge in [0, 0.05) is 14.2 Å². The minimum atomic E-state index is -2.22. The second-order valence-corrected chi connectivity index (χ2v) is 26.1. The molecule has 0 aromatic rings. The second kappa shape index (κ2) is 19.4. The lowest BCUT2D eigenvalue weighted by Gasteiger charge is -2.68. The summed E-state index contributed by atoms with van der Waals surface area (Å²) in [5.74, 6) is -2.22. The molecule has 4 fully saturated rings. The average molecular weight is 1080 g/mol. The van der Waals surface area contributed by atoms with Crippen molar-refractivity contribution in [1.82, 2.24) is 0 Å². The van der Waals surface area contributed by atoms with E-state index in [1.807, 2.05) is 0 Å². The maximum Gasteiger partial charge on any atom is 0.195 e. The number of hydrogen-bond acceptors (Lipinski definition) is 22. The molecule has 74 heavy (non-hydrogen) atoms. The van der Waals surface area contributed by atoms with E-state index in [2.05, 4.69) is 0 Å². The van der Waals surface area contributed by atoms with Gasteiger partial charge < -0.3 is 109 Å². The summed E-state index contributed by atoms with van der Waals surface area (Å²) in [6, 6.07) is 0. The highest BCUT2D eigenvalue weighted by molar-refractivity contribution is 5.27. The van der Waals surface area contributed by atoms with E-state index in [0.29, 0.717) is 0 Å². The van der Waals surface area contributed by atoms with Crippen LogP contribution >= 0.6 is 0 Å². The molecule has 22 heteroatoms. The van der Waals surface area contributed by atoms with Gasteiger partial charge in [0.05, 0.1) is 93.5 Å². The van der Waals surface area contributed by atoms with E-state index >= 15 is 0 Å². The molecule has 440 valence electrons. The maximum absolute atomic E-state index is 11.9. The van der Waals surface area contributed by atoms with Gasteiger partial charge in [0.1, 0.15) is 78.4 Å². The van der Waals surface area contributed by atoms with Gasteiger partial charge in [0.2, 0.25) is 0 Å². The van der Waals surface area contributed by atoms with E-state index in [9.17, 15) is 71.5 Å². The lowest BCUT2D eigenvalue weighted by atomic mass is 9.52. The van der Waals surface area contributed by atoms with E-state index in [4.69, 9.17) is 37.9 Å². The quantitative estimate of drug-likeness (QED) is 0.0898. The van der Waals surface area contributed by atoms with Crippen LogP contribution in [0.4, 0.5) is 0 Å². The number of aliphatic hydroxyl groups is 14. The first-order valence-corrected chi connectivity index (χ1v) is 25.2. The standard InChI is InChI=1S/C28H54O11.C24H46O11/c1-19(15-35-11)21(3,13-29)39-24(6,28(10,34)25(19,7)31)18-37-16-20(2)22(4,14-30)38-23(5,17-36-12)27(9,33)26(20,8)32;1-15(16(2,11-25)35-24(10,32)23(9,31)19(15,5)27)13-33-14-18(4)21(7,29)22(8,30)20(6,28)17(3,12-26)34-18/h29-34H,13-18H2,1-12H3;25-32H,11-14H2,1-10H3. The predicted molar refractivity (Wildman–Crippen MR) is 267 cm³/mol. The molecule has 0 spiro atoms. The fraction of sp³-hybridized carbons (Fsp3) is 1.00. The zero-order valence-corrected chi connectivity index (χ0v) is 48.6. The third-order valence-electron chi connectivity index (χ3n) is 21.9. The van der Waals surface area contributed by atoms with Gasteiger partial charge in [-0.1, -0.05) is 20.8 Å². The van der Waals surface area contributed by atoms with E-state index < -0.39 is 145 Å². The topological polar surface area (TPSA) is 357 Å². The van der Waals surface area contributed by atoms with Crippen molar-refractivity contribution < 1.29 is 109 Å². The van der Waals surface area contributed by atoms with E-state index in [-0.39, 0.29) is 33.0 Å². The summed E-state index contributed by atoms with van der Waals surface area (Å²) in [5, 5.41) is 155. The largest absolute Gasteiger partial charge is 0.393 e. The SMILES string of the molecule is CC1(O)OC(C)(CO)C(C)(COCC2(C)OC(C)(CO)C(C)(O)C(C)(O)C2(C)O)C(C)(O)C1(C)O.COCC1(C)OC(C)(CO)C(C)(COCC2(C)OC(C)(CO)C(C)(COC)C(C)(O)C2(C)O)C(C)(O)C1(C)O. The summed E-state index contributed by atoms with van der Waals surface area (Å²) in [6.07, 6.45) is 0. The van der Waals surface area contributed by atoms with Gasteiger partial charge in [-0.3, -0.25) is 0 Å². The Balaban J connectivity index is 0.000000393. The molecule has 14 N–H and O–H groups in total. The minimum Gasteiger partial charge on any atom is -0.393 e. The van der Waals surface area contributed by atoms with Crippen LogP contribution in [0.3, 0.4) is 0 Å². The minimum absolute atomic E-state index is 0.00734. The van der Waals surface area contributed by atoms with Crippen LogP contribution in [0.1, 0.15) is 138 Å². The van der Waals surface area contributed by atoms with Gasteiger partial charge >= 0.3 is 0 Å². The molecular formula is C52H100O22. The molecule has 0 aromatic heterocycles. The van der Waals surface area contributed by atoms with Crippen molar-refractivity contribution in [2.45, 2.75) is 234 Å². The molecule has 0 saturated carbocycles. The highest BCUT2D eigenvalue weighted by Gasteiger charge is 2.78. The third kappa shape index (κ3) is 8.48. The van der Waals surface area contributed by atoms with Crippen LogP contribution in [0.25, 0.3) is 0 Å². The molecule has 4 aliphatic heterocycles. The van der Waals surface area contributed by atoms with Crippen molar-refractivity contribution in [3.05, 3.63) is 0 Å². The Morgan fingerprint density at radius 1 is 0.257 bits per heavy atom. The summed E-state index contributed by atoms with van der Waals surface area (Å²) < 4.78 is 47.3. The lowest BCUT2D eigenvalue weighted by Crippen LogP contribution is -2.85. The Labute approximate surface area is 438 Å². The molecule has 0 aromatic carbocycles. The van der Waals surface area contributed by atoms with Crippen molar-refractivity contribution >= 4 is 0 Å². The van der Waals surface area contributed by atoms with Gasteiger partial charge in [0.25, 0.3) is 0 Å². The smallest absolute Gasteiger partial charge is 0.195 e. The Kier molecular flexibility index (Phi) is 17.7. The summed E-state index contributed by atoms with van der Waals surface area (Å²) in [4.78, 5) is 0. The van der Waals surface area contributed by atoms with Crippen molar-refractivity contribution in [2.75, 3.05) is 80.3 Å². The number of ether oxygens (including phenoxy) is 8. The van der Waals surface area contributed by atoms with Gasteiger partial charge in [-0.25, -0.2) is 0 Å². The number of aliphatic hydroxyl groups excluding tert-OH is 4. The van der Waals surface area contributed by atoms with Crippen molar-refractivity contribution in [1.29, 1.82) is 0 Å². The zero-order chi connectivity index (χ0) is 58.7. The molecule has 0 aliphatic carbocycles. The molecule has 4 rings (SSSR count). The van der Waals surface area contributed by atoms with Gasteiger partial charge in [0.15, 0.2) is 5.79 Å². The van der Waals surface area contributed by atoms with Crippen LogP contribution in [0.2, 0.25) is 0 Å². The van der Waals surface area contributed by atoms with Crippen LogP contribution < -0.4 is 0 Å². The molecule has 4 saturated heterocycles. The zero-order valence-electron chi connectivity index (χ0n) is 48.6.